The second-order valence-electron chi connectivity index (χ2n) is 5.20. The van der Waals surface area contributed by atoms with Crippen molar-refractivity contribution in [2.75, 3.05) is 25.1 Å². The number of benzene rings is 2. The maximum absolute atomic E-state index is 5.69. The van der Waals surface area contributed by atoms with Gasteiger partial charge in [-0.05, 0) is 49.2 Å². The lowest BCUT2D eigenvalue weighted by molar-refractivity contribution is 0.414. The van der Waals surface area contributed by atoms with Gasteiger partial charge in [-0.25, -0.2) is 0 Å². The highest BCUT2D eigenvalue weighted by atomic mass is 16.5. The van der Waals surface area contributed by atoms with Crippen molar-refractivity contribution in [1.29, 1.82) is 0 Å². The molecule has 0 spiro atoms. The maximum atomic E-state index is 5.69. The number of aryl methyl sites for hydroxylation is 1. The highest BCUT2D eigenvalue weighted by Gasteiger charge is 2.09. The molecule has 3 nitrogen and oxygen atoms in total. The van der Waals surface area contributed by atoms with Crippen LogP contribution in [-0.2, 0) is 6.54 Å². The molecule has 0 aromatic heterocycles. The molecule has 0 aliphatic carbocycles. The van der Waals surface area contributed by atoms with Gasteiger partial charge in [-0.15, -0.1) is 0 Å². The minimum Gasteiger partial charge on any atom is -0.497 e. The van der Waals surface area contributed by atoms with E-state index in [9.17, 15) is 0 Å². The number of hydrogen-bond donors (Lipinski definition) is 1. The van der Waals surface area contributed by atoms with Gasteiger partial charge in [0.05, 0.1) is 7.11 Å². The number of nitrogens with two attached hydrogens (primary N) is 1. The van der Waals surface area contributed by atoms with Crippen LogP contribution in [0.15, 0.2) is 48.5 Å². The molecule has 112 valence electrons. The van der Waals surface area contributed by atoms with E-state index in [4.69, 9.17) is 10.5 Å². The second-order valence-corrected chi connectivity index (χ2v) is 5.20. The average Bonchev–Trinajstić information content (AvgIpc) is 2.52. The van der Waals surface area contributed by atoms with Crippen LogP contribution in [-0.4, -0.2) is 20.2 Å². The molecule has 2 rings (SSSR count). The van der Waals surface area contributed by atoms with Gasteiger partial charge in [0.1, 0.15) is 5.75 Å². The summed E-state index contributed by atoms with van der Waals surface area (Å²) in [6.07, 6.45) is 0.984. The normalized spacial score (nSPS) is 10.4. The first kappa shape index (κ1) is 15.4. The van der Waals surface area contributed by atoms with Gasteiger partial charge in [-0.3, -0.25) is 0 Å². The lowest BCUT2D eigenvalue weighted by Gasteiger charge is -2.26. The third-order valence-corrected chi connectivity index (χ3v) is 3.60. The van der Waals surface area contributed by atoms with E-state index in [1.54, 1.807) is 7.11 Å². The van der Waals surface area contributed by atoms with Crippen molar-refractivity contribution >= 4 is 5.69 Å². The van der Waals surface area contributed by atoms with Crippen LogP contribution in [0.1, 0.15) is 17.5 Å². The van der Waals surface area contributed by atoms with Crippen molar-refractivity contribution in [3.63, 3.8) is 0 Å². The zero-order valence-electron chi connectivity index (χ0n) is 12.9. The minimum absolute atomic E-state index is 0.709. The average molecular weight is 284 g/mol. The standard InChI is InChI=1S/C18H24N2O/c1-15-7-3-4-10-18(15)20(12-6-11-19)14-16-8-5-9-17(13-16)21-2/h3-5,7-10,13H,6,11-12,14,19H2,1-2H3. The molecule has 21 heavy (non-hydrogen) atoms. The van der Waals surface area contributed by atoms with Gasteiger partial charge < -0.3 is 15.4 Å². The van der Waals surface area contributed by atoms with Crippen LogP contribution in [0.2, 0.25) is 0 Å². The van der Waals surface area contributed by atoms with Crippen molar-refractivity contribution in [2.24, 2.45) is 5.73 Å². The van der Waals surface area contributed by atoms with E-state index in [-0.39, 0.29) is 0 Å². The topological polar surface area (TPSA) is 38.5 Å². The molecule has 0 bridgehead atoms. The summed E-state index contributed by atoms with van der Waals surface area (Å²) in [7, 11) is 1.70. The molecular formula is C18H24N2O. The fourth-order valence-corrected chi connectivity index (χ4v) is 2.48. The fourth-order valence-electron chi connectivity index (χ4n) is 2.48. The molecule has 0 amide bonds. The van der Waals surface area contributed by atoms with Gasteiger partial charge in [-0.2, -0.15) is 0 Å². The van der Waals surface area contributed by atoms with E-state index in [1.807, 2.05) is 12.1 Å². The summed E-state index contributed by atoms with van der Waals surface area (Å²) >= 11 is 0. The van der Waals surface area contributed by atoms with E-state index in [0.717, 1.165) is 25.3 Å². The Hall–Kier alpha value is -2.00. The van der Waals surface area contributed by atoms with Crippen LogP contribution in [0.3, 0.4) is 0 Å². The van der Waals surface area contributed by atoms with E-state index < -0.39 is 0 Å². The zero-order chi connectivity index (χ0) is 15.1. The number of anilines is 1. The Labute approximate surface area is 127 Å². The Balaban J connectivity index is 2.21. The number of para-hydroxylation sites is 1. The maximum Gasteiger partial charge on any atom is 0.119 e. The summed E-state index contributed by atoms with van der Waals surface area (Å²) in [6.45, 7) is 4.68. The summed E-state index contributed by atoms with van der Waals surface area (Å²) in [6, 6.07) is 16.7. The van der Waals surface area contributed by atoms with Crippen molar-refractivity contribution in [3.05, 3.63) is 59.7 Å². The lowest BCUT2D eigenvalue weighted by Crippen LogP contribution is -2.26. The molecule has 0 atom stereocenters. The molecule has 0 saturated carbocycles. The number of hydrogen-bond acceptors (Lipinski definition) is 3. The molecule has 3 heteroatoms. The highest BCUT2D eigenvalue weighted by molar-refractivity contribution is 5.53. The van der Waals surface area contributed by atoms with Crippen LogP contribution >= 0.6 is 0 Å². The van der Waals surface area contributed by atoms with Crippen LogP contribution in [0.25, 0.3) is 0 Å². The van der Waals surface area contributed by atoms with E-state index >= 15 is 0 Å². The molecule has 0 aliphatic rings. The number of nitrogens with zero attached hydrogens (tertiary/aromatic N) is 1. The summed E-state index contributed by atoms with van der Waals surface area (Å²) < 4.78 is 5.31. The molecule has 0 unspecified atom stereocenters. The molecule has 2 aromatic carbocycles. The highest BCUT2D eigenvalue weighted by Crippen LogP contribution is 2.23. The molecule has 2 aromatic rings. The SMILES string of the molecule is COc1cccc(CN(CCCN)c2ccccc2C)c1. The Morgan fingerprint density at radius 1 is 1.10 bits per heavy atom. The van der Waals surface area contributed by atoms with Crippen LogP contribution in [0.4, 0.5) is 5.69 Å². The Morgan fingerprint density at radius 2 is 1.90 bits per heavy atom. The van der Waals surface area contributed by atoms with Crippen molar-refractivity contribution < 1.29 is 4.74 Å². The molecule has 0 saturated heterocycles. The first-order valence-electron chi connectivity index (χ1n) is 7.38. The fraction of sp³-hybridized carbons (Fsp3) is 0.333. The van der Waals surface area contributed by atoms with Gasteiger partial charge in [-0.1, -0.05) is 30.3 Å². The first-order chi connectivity index (χ1) is 10.2. The Morgan fingerprint density at radius 3 is 2.62 bits per heavy atom. The largest absolute Gasteiger partial charge is 0.497 e. The smallest absolute Gasteiger partial charge is 0.119 e. The summed E-state index contributed by atoms with van der Waals surface area (Å²) in [5, 5.41) is 0. The molecule has 0 heterocycles. The summed E-state index contributed by atoms with van der Waals surface area (Å²) in [5.41, 5.74) is 9.49. The van der Waals surface area contributed by atoms with Crippen LogP contribution < -0.4 is 15.4 Å². The van der Waals surface area contributed by atoms with Crippen LogP contribution in [0, 0.1) is 6.92 Å². The number of methoxy groups -OCH3 is 1. The second kappa shape index (κ2) is 7.70. The number of rotatable bonds is 7. The minimum atomic E-state index is 0.709. The van der Waals surface area contributed by atoms with Gasteiger partial charge in [0, 0.05) is 18.8 Å². The summed E-state index contributed by atoms with van der Waals surface area (Å²) in [5.74, 6) is 0.899. The van der Waals surface area contributed by atoms with E-state index in [2.05, 4.69) is 48.2 Å². The predicted octanol–water partition coefficient (Wildman–Crippen LogP) is 3.36. The molecule has 0 aliphatic heterocycles. The Bertz CT molecular complexity index is 569. The molecule has 2 N–H and O–H groups in total. The van der Waals surface area contributed by atoms with Gasteiger partial charge in [0.15, 0.2) is 0 Å². The quantitative estimate of drug-likeness (QED) is 0.847. The monoisotopic (exact) mass is 284 g/mol. The zero-order valence-corrected chi connectivity index (χ0v) is 12.9. The van der Waals surface area contributed by atoms with Gasteiger partial charge in [0.25, 0.3) is 0 Å². The molecular weight excluding hydrogens is 260 g/mol. The number of ether oxygens (including phenoxy) is 1. The summed E-state index contributed by atoms with van der Waals surface area (Å²) in [4.78, 5) is 2.39. The first-order valence-corrected chi connectivity index (χ1v) is 7.38. The predicted molar refractivity (Wildman–Crippen MR) is 88.9 cm³/mol. The third kappa shape index (κ3) is 4.23. The van der Waals surface area contributed by atoms with Gasteiger partial charge in [0.2, 0.25) is 0 Å². The third-order valence-electron chi connectivity index (χ3n) is 3.60. The van der Waals surface area contributed by atoms with Crippen LogP contribution in [0.5, 0.6) is 5.75 Å². The van der Waals surface area contributed by atoms with Crippen molar-refractivity contribution in [1.82, 2.24) is 0 Å². The molecule has 0 radical (unpaired) electrons. The van der Waals surface area contributed by atoms with Gasteiger partial charge >= 0.3 is 0 Å². The molecule has 0 fully saturated rings. The van der Waals surface area contributed by atoms with E-state index in [0.29, 0.717) is 6.54 Å². The van der Waals surface area contributed by atoms with Crippen molar-refractivity contribution in [2.45, 2.75) is 19.9 Å². The van der Waals surface area contributed by atoms with E-state index in [1.165, 1.54) is 16.8 Å². The Kier molecular flexibility index (Phi) is 5.64. The van der Waals surface area contributed by atoms with Crippen molar-refractivity contribution in [3.8, 4) is 5.75 Å². The lowest BCUT2D eigenvalue weighted by atomic mass is 10.1.